The number of Topliss-reactive ketones (excluding diaryl/α,β-unsaturated/α-hetero) is 1. The second-order valence-electron chi connectivity index (χ2n) is 8.68. The van der Waals surface area contributed by atoms with Gasteiger partial charge in [-0.05, 0) is 54.7 Å². The van der Waals surface area contributed by atoms with Crippen LogP contribution in [-0.2, 0) is 4.79 Å². The highest BCUT2D eigenvalue weighted by molar-refractivity contribution is 7.22. The highest BCUT2D eigenvalue weighted by atomic mass is 32.1. The summed E-state index contributed by atoms with van der Waals surface area (Å²) in [6, 6.07) is 17.9. The van der Waals surface area contributed by atoms with E-state index < -0.39 is 23.6 Å². The second-order valence-corrected chi connectivity index (χ2v) is 9.71. The minimum absolute atomic E-state index is 0.131. The molecule has 5 rings (SSSR count). The van der Waals surface area contributed by atoms with Crippen LogP contribution in [0.15, 0.2) is 60.7 Å². The van der Waals surface area contributed by atoms with E-state index in [1.54, 1.807) is 30.3 Å². The first-order chi connectivity index (χ1) is 16.4. The van der Waals surface area contributed by atoms with Crippen molar-refractivity contribution < 1.29 is 19.1 Å². The summed E-state index contributed by atoms with van der Waals surface area (Å²) in [7, 11) is 0. The van der Waals surface area contributed by atoms with Crippen LogP contribution in [0.4, 0.5) is 15.2 Å². The van der Waals surface area contributed by atoms with Crippen molar-refractivity contribution in [3.05, 3.63) is 77.6 Å². The number of nitrogens with one attached hydrogen (secondary N) is 1. The zero-order chi connectivity index (χ0) is 23.8. The predicted molar refractivity (Wildman–Crippen MR) is 132 cm³/mol. The van der Waals surface area contributed by atoms with Crippen molar-refractivity contribution in [3.8, 4) is 11.1 Å². The molecule has 0 radical (unpaired) electrons. The van der Waals surface area contributed by atoms with E-state index in [1.165, 1.54) is 17.4 Å². The topological polar surface area (TPSA) is 79.3 Å². The number of aromatic nitrogens is 1. The SMILES string of the molecule is Cc1cccc2sc(Nc3ccc(-c4ccc(C(=O)[C@@H]5CCC[C@H]5C(=O)O)cc4)cc3F)nc12. The molecule has 0 bridgehead atoms. The van der Waals surface area contributed by atoms with Gasteiger partial charge in [-0.1, -0.05) is 60.2 Å². The van der Waals surface area contributed by atoms with E-state index in [-0.39, 0.29) is 5.78 Å². The fourth-order valence-corrected chi connectivity index (χ4v) is 5.62. The molecule has 3 aromatic carbocycles. The Morgan fingerprint density at radius 2 is 1.76 bits per heavy atom. The Labute approximate surface area is 200 Å². The van der Waals surface area contributed by atoms with Crippen LogP contribution in [0, 0.1) is 24.6 Å². The van der Waals surface area contributed by atoms with Crippen molar-refractivity contribution in [1.82, 2.24) is 4.98 Å². The van der Waals surface area contributed by atoms with Crippen molar-refractivity contribution in [1.29, 1.82) is 0 Å². The van der Waals surface area contributed by atoms with Gasteiger partial charge in [0.05, 0.1) is 21.8 Å². The third-order valence-electron chi connectivity index (χ3n) is 6.50. The number of carbonyl (C=O) groups excluding carboxylic acids is 1. The molecular formula is C27H23FN2O3S. The number of rotatable bonds is 6. The molecular weight excluding hydrogens is 451 g/mol. The Morgan fingerprint density at radius 1 is 1.03 bits per heavy atom. The lowest BCUT2D eigenvalue weighted by Gasteiger charge is -2.15. The molecule has 1 saturated carbocycles. The Bertz CT molecular complexity index is 1400. The number of aryl methyl sites for hydroxylation is 1. The van der Waals surface area contributed by atoms with Crippen molar-refractivity contribution in [2.24, 2.45) is 11.8 Å². The van der Waals surface area contributed by atoms with Gasteiger partial charge in [0.25, 0.3) is 0 Å². The Morgan fingerprint density at radius 3 is 2.47 bits per heavy atom. The summed E-state index contributed by atoms with van der Waals surface area (Å²) in [6.45, 7) is 2.00. The quantitative estimate of drug-likeness (QED) is 0.299. The molecule has 1 aliphatic rings. The average molecular weight is 475 g/mol. The maximum Gasteiger partial charge on any atom is 0.307 e. The number of benzene rings is 3. The summed E-state index contributed by atoms with van der Waals surface area (Å²) in [5.41, 5.74) is 4.28. The summed E-state index contributed by atoms with van der Waals surface area (Å²) < 4.78 is 15.9. The van der Waals surface area contributed by atoms with Gasteiger partial charge in [0.2, 0.25) is 0 Å². The van der Waals surface area contributed by atoms with Crippen LogP contribution in [0.5, 0.6) is 0 Å². The molecule has 34 heavy (non-hydrogen) atoms. The van der Waals surface area contributed by atoms with Gasteiger partial charge in [0.15, 0.2) is 10.9 Å². The van der Waals surface area contributed by atoms with Crippen molar-refractivity contribution >= 4 is 44.1 Å². The number of carboxylic acids is 1. The van der Waals surface area contributed by atoms with Gasteiger partial charge in [-0.3, -0.25) is 9.59 Å². The zero-order valence-electron chi connectivity index (χ0n) is 18.5. The third kappa shape index (κ3) is 4.19. The van der Waals surface area contributed by atoms with Crippen LogP contribution >= 0.6 is 11.3 Å². The van der Waals surface area contributed by atoms with E-state index in [9.17, 15) is 19.1 Å². The van der Waals surface area contributed by atoms with Gasteiger partial charge in [-0.15, -0.1) is 0 Å². The number of carbonyl (C=O) groups is 2. The predicted octanol–water partition coefficient (Wildman–Crippen LogP) is 6.84. The summed E-state index contributed by atoms with van der Waals surface area (Å²) in [6.07, 6.45) is 1.90. The van der Waals surface area contributed by atoms with Crippen LogP contribution < -0.4 is 5.32 Å². The number of carboxylic acid groups (broad SMARTS) is 1. The molecule has 2 N–H and O–H groups in total. The Hall–Kier alpha value is -3.58. The van der Waals surface area contributed by atoms with E-state index in [1.807, 2.05) is 31.2 Å². The monoisotopic (exact) mass is 474 g/mol. The third-order valence-corrected chi connectivity index (χ3v) is 7.44. The minimum atomic E-state index is -0.905. The number of hydrogen-bond acceptors (Lipinski definition) is 5. The highest BCUT2D eigenvalue weighted by Crippen LogP contribution is 2.35. The van der Waals surface area contributed by atoms with Crippen molar-refractivity contribution in [3.63, 3.8) is 0 Å². The molecule has 0 aliphatic heterocycles. The molecule has 1 fully saturated rings. The normalized spacial score (nSPS) is 17.7. The molecule has 4 aromatic rings. The van der Waals surface area contributed by atoms with Crippen molar-refractivity contribution in [2.45, 2.75) is 26.2 Å². The lowest BCUT2D eigenvalue weighted by Crippen LogP contribution is -2.25. The van der Waals surface area contributed by atoms with E-state index >= 15 is 0 Å². The lowest BCUT2D eigenvalue weighted by atomic mass is 9.88. The first kappa shape index (κ1) is 22.2. The average Bonchev–Trinajstić information content (AvgIpc) is 3.48. The molecule has 0 amide bonds. The Balaban J connectivity index is 1.33. The van der Waals surface area contributed by atoms with Gasteiger partial charge in [0.1, 0.15) is 5.82 Å². The van der Waals surface area contributed by atoms with Gasteiger partial charge >= 0.3 is 5.97 Å². The van der Waals surface area contributed by atoms with Gasteiger partial charge < -0.3 is 10.4 Å². The smallest absolute Gasteiger partial charge is 0.307 e. The first-order valence-corrected chi connectivity index (χ1v) is 12.0. The number of anilines is 2. The number of hydrogen-bond donors (Lipinski definition) is 2. The number of thiazole rings is 1. The number of fused-ring (bicyclic) bond motifs is 1. The molecule has 0 unspecified atom stereocenters. The fourth-order valence-electron chi connectivity index (χ4n) is 4.66. The van der Waals surface area contributed by atoms with Crippen LogP contribution in [0.25, 0.3) is 21.3 Å². The van der Waals surface area contributed by atoms with Crippen LogP contribution in [0.2, 0.25) is 0 Å². The molecule has 0 spiro atoms. The molecule has 2 atom stereocenters. The van der Waals surface area contributed by atoms with E-state index in [4.69, 9.17) is 0 Å². The minimum Gasteiger partial charge on any atom is -0.481 e. The molecule has 1 aliphatic carbocycles. The molecule has 5 nitrogen and oxygen atoms in total. The Kier molecular flexibility index (Phi) is 5.87. The van der Waals surface area contributed by atoms with E-state index in [0.717, 1.165) is 27.8 Å². The van der Waals surface area contributed by atoms with Crippen LogP contribution in [-0.4, -0.2) is 21.8 Å². The van der Waals surface area contributed by atoms with Gasteiger partial charge in [0, 0.05) is 11.5 Å². The molecule has 1 heterocycles. The van der Waals surface area contributed by atoms with Gasteiger partial charge in [-0.25, -0.2) is 9.37 Å². The maximum atomic E-state index is 14.9. The second kappa shape index (κ2) is 8.99. The lowest BCUT2D eigenvalue weighted by molar-refractivity contribution is -0.142. The first-order valence-electron chi connectivity index (χ1n) is 11.2. The number of halogens is 1. The van der Waals surface area contributed by atoms with E-state index in [2.05, 4.69) is 10.3 Å². The van der Waals surface area contributed by atoms with Crippen molar-refractivity contribution in [2.75, 3.05) is 5.32 Å². The molecule has 0 saturated heterocycles. The highest BCUT2D eigenvalue weighted by Gasteiger charge is 2.37. The van der Waals surface area contributed by atoms with Crippen LogP contribution in [0.1, 0.15) is 35.2 Å². The molecule has 7 heteroatoms. The maximum absolute atomic E-state index is 14.9. The largest absolute Gasteiger partial charge is 0.481 e. The van der Waals surface area contributed by atoms with Gasteiger partial charge in [-0.2, -0.15) is 0 Å². The number of para-hydroxylation sites is 1. The number of aliphatic carboxylic acids is 1. The fraction of sp³-hybridized carbons (Fsp3) is 0.222. The number of ketones is 1. The standard InChI is InChI=1S/C27H23FN2O3S/c1-15-4-2-7-23-24(15)30-27(34-23)29-22-13-12-18(14-21(22)28)16-8-10-17(11-9-16)25(31)19-5-3-6-20(19)26(32)33/h2,4,7-14,19-20H,3,5-6H2,1H3,(H,29,30)(H,32,33)/t19-,20-/m1/s1. The van der Waals surface area contributed by atoms with Crippen LogP contribution in [0.3, 0.4) is 0 Å². The zero-order valence-corrected chi connectivity index (χ0v) is 19.4. The molecule has 172 valence electrons. The summed E-state index contributed by atoms with van der Waals surface area (Å²) in [5, 5.41) is 13.1. The number of nitrogens with zero attached hydrogens (tertiary/aromatic N) is 1. The van der Waals surface area contributed by atoms with E-state index in [0.29, 0.717) is 34.8 Å². The summed E-state index contributed by atoms with van der Waals surface area (Å²) in [5.74, 6) is -2.52. The molecule has 1 aromatic heterocycles. The summed E-state index contributed by atoms with van der Waals surface area (Å²) in [4.78, 5) is 28.8. The summed E-state index contributed by atoms with van der Waals surface area (Å²) >= 11 is 1.47.